The molecule has 5 unspecified atom stereocenters. The van der Waals surface area contributed by atoms with Crippen molar-refractivity contribution < 1.29 is 0 Å². The average molecular weight is 256 g/mol. The van der Waals surface area contributed by atoms with Crippen molar-refractivity contribution in [3.8, 4) is 0 Å². The lowest BCUT2D eigenvalue weighted by Crippen LogP contribution is -2.64. The lowest BCUT2D eigenvalue weighted by Gasteiger charge is -2.52. The summed E-state index contributed by atoms with van der Waals surface area (Å²) in [4.78, 5) is 2.76. The molecule has 0 aliphatic carbocycles. The average Bonchev–Trinajstić information content (AvgIpc) is 2.66. The molecule has 2 fully saturated rings. The van der Waals surface area contributed by atoms with Gasteiger partial charge in [-0.15, -0.1) is 0 Å². The summed E-state index contributed by atoms with van der Waals surface area (Å²) < 4.78 is 0. The minimum atomic E-state index is 0.271. The Kier molecular flexibility index (Phi) is 4.11. The molecular formula is C14H28N2S. The Bertz CT molecular complexity index is 271. The van der Waals surface area contributed by atoms with Gasteiger partial charge in [-0.25, -0.2) is 0 Å². The number of nitrogens with two attached hydrogens (primary N) is 1. The van der Waals surface area contributed by atoms with E-state index in [1.54, 1.807) is 0 Å². The van der Waals surface area contributed by atoms with Crippen molar-refractivity contribution >= 4 is 11.8 Å². The maximum absolute atomic E-state index is 6.19. The van der Waals surface area contributed by atoms with Gasteiger partial charge in [-0.2, -0.15) is 11.8 Å². The van der Waals surface area contributed by atoms with Gasteiger partial charge in [-0.1, -0.05) is 20.8 Å². The van der Waals surface area contributed by atoms with E-state index in [0.29, 0.717) is 11.3 Å². The van der Waals surface area contributed by atoms with Crippen LogP contribution in [0.4, 0.5) is 0 Å². The summed E-state index contributed by atoms with van der Waals surface area (Å²) >= 11 is 2.11. The van der Waals surface area contributed by atoms with E-state index < -0.39 is 0 Å². The number of rotatable bonds is 2. The number of piperidine rings is 1. The standard InChI is InChI=1S/C14H28N2S/c1-10-7-11(2)12(3)16(8-10)14(9-15)5-6-17-13(14)4/h10-13H,5-9,15H2,1-4H3. The molecule has 2 rings (SSSR count). The summed E-state index contributed by atoms with van der Waals surface area (Å²) in [6, 6.07) is 0.691. The number of hydrogen-bond donors (Lipinski definition) is 1. The Morgan fingerprint density at radius 2 is 2.00 bits per heavy atom. The Hall–Kier alpha value is 0.270. The molecule has 0 amide bonds. The minimum Gasteiger partial charge on any atom is -0.329 e. The fraction of sp³-hybridized carbons (Fsp3) is 1.00. The minimum absolute atomic E-state index is 0.271. The fourth-order valence-electron chi connectivity index (χ4n) is 3.84. The topological polar surface area (TPSA) is 29.3 Å². The molecule has 2 N–H and O–H groups in total. The molecule has 0 radical (unpaired) electrons. The number of nitrogens with zero attached hydrogens (tertiary/aromatic N) is 1. The summed E-state index contributed by atoms with van der Waals surface area (Å²) in [6.45, 7) is 11.7. The largest absolute Gasteiger partial charge is 0.329 e. The quantitative estimate of drug-likeness (QED) is 0.823. The number of thioether (sulfide) groups is 1. The van der Waals surface area contributed by atoms with E-state index in [2.05, 4.69) is 44.4 Å². The molecular weight excluding hydrogens is 228 g/mol. The number of likely N-dealkylation sites (tertiary alicyclic amines) is 1. The SMILES string of the molecule is CC1CC(C)C(C)N(C2(CN)CCSC2C)C1. The highest BCUT2D eigenvalue weighted by molar-refractivity contribution is 8.00. The first kappa shape index (κ1) is 13.7. The molecule has 2 saturated heterocycles. The third kappa shape index (κ3) is 2.26. The second-order valence-electron chi connectivity index (χ2n) is 6.28. The van der Waals surface area contributed by atoms with Crippen molar-refractivity contribution in [2.45, 2.75) is 57.4 Å². The molecule has 2 aliphatic heterocycles. The first-order valence-electron chi connectivity index (χ1n) is 7.09. The van der Waals surface area contributed by atoms with E-state index in [1.807, 2.05) is 0 Å². The van der Waals surface area contributed by atoms with Crippen molar-refractivity contribution in [1.29, 1.82) is 0 Å². The van der Waals surface area contributed by atoms with Crippen LogP contribution in [0.5, 0.6) is 0 Å². The van der Waals surface area contributed by atoms with Crippen LogP contribution in [0, 0.1) is 11.8 Å². The first-order chi connectivity index (χ1) is 8.01. The van der Waals surface area contributed by atoms with E-state index in [9.17, 15) is 0 Å². The molecule has 17 heavy (non-hydrogen) atoms. The van der Waals surface area contributed by atoms with Crippen molar-refractivity contribution in [1.82, 2.24) is 4.90 Å². The molecule has 0 spiro atoms. The summed E-state index contributed by atoms with van der Waals surface area (Å²) in [5.41, 5.74) is 6.46. The molecule has 0 bridgehead atoms. The van der Waals surface area contributed by atoms with Gasteiger partial charge in [0.15, 0.2) is 0 Å². The second kappa shape index (κ2) is 5.10. The van der Waals surface area contributed by atoms with Crippen LogP contribution < -0.4 is 5.73 Å². The zero-order valence-electron chi connectivity index (χ0n) is 11.8. The van der Waals surface area contributed by atoms with Gasteiger partial charge in [0, 0.05) is 29.9 Å². The summed E-state index contributed by atoms with van der Waals surface area (Å²) in [5.74, 6) is 2.91. The van der Waals surface area contributed by atoms with Crippen LogP contribution in [0.15, 0.2) is 0 Å². The van der Waals surface area contributed by atoms with Gasteiger partial charge in [0.2, 0.25) is 0 Å². The summed E-state index contributed by atoms with van der Waals surface area (Å²) in [7, 11) is 0. The summed E-state index contributed by atoms with van der Waals surface area (Å²) in [6.07, 6.45) is 2.65. The number of hydrogen-bond acceptors (Lipinski definition) is 3. The van der Waals surface area contributed by atoms with Crippen molar-refractivity contribution in [3.05, 3.63) is 0 Å². The monoisotopic (exact) mass is 256 g/mol. The molecule has 2 heterocycles. The molecule has 0 saturated carbocycles. The highest BCUT2D eigenvalue weighted by atomic mass is 32.2. The predicted octanol–water partition coefficient (Wildman–Crippen LogP) is 2.58. The molecule has 0 aromatic carbocycles. The van der Waals surface area contributed by atoms with E-state index in [1.165, 1.54) is 25.1 Å². The highest BCUT2D eigenvalue weighted by Gasteiger charge is 2.48. The van der Waals surface area contributed by atoms with Crippen LogP contribution in [-0.4, -0.2) is 40.6 Å². The smallest absolute Gasteiger partial charge is 0.0458 e. The molecule has 2 aliphatic rings. The van der Waals surface area contributed by atoms with Crippen molar-refractivity contribution in [2.75, 3.05) is 18.8 Å². The van der Waals surface area contributed by atoms with E-state index >= 15 is 0 Å². The Balaban J connectivity index is 2.23. The van der Waals surface area contributed by atoms with Crippen LogP contribution in [0.1, 0.15) is 40.5 Å². The van der Waals surface area contributed by atoms with Gasteiger partial charge in [-0.05, 0) is 37.4 Å². The summed E-state index contributed by atoms with van der Waals surface area (Å²) in [5, 5.41) is 0.687. The van der Waals surface area contributed by atoms with Gasteiger partial charge in [0.1, 0.15) is 0 Å². The fourth-order valence-corrected chi connectivity index (χ4v) is 5.32. The van der Waals surface area contributed by atoms with Gasteiger partial charge in [-0.3, -0.25) is 4.90 Å². The van der Waals surface area contributed by atoms with Crippen LogP contribution in [0.2, 0.25) is 0 Å². The Labute approximate surface area is 111 Å². The second-order valence-corrected chi connectivity index (χ2v) is 7.73. The van der Waals surface area contributed by atoms with Crippen LogP contribution in [0.25, 0.3) is 0 Å². The zero-order valence-corrected chi connectivity index (χ0v) is 12.6. The third-order valence-corrected chi connectivity index (χ3v) is 6.56. The van der Waals surface area contributed by atoms with Crippen LogP contribution >= 0.6 is 11.8 Å². The lowest BCUT2D eigenvalue weighted by atomic mass is 9.79. The Morgan fingerprint density at radius 1 is 1.29 bits per heavy atom. The van der Waals surface area contributed by atoms with E-state index in [-0.39, 0.29) is 5.54 Å². The van der Waals surface area contributed by atoms with E-state index in [0.717, 1.165) is 18.4 Å². The normalized spacial score (nSPS) is 48.5. The highest BCUT2D eigenvalue weighted by Crippen LogP contribution is 2.43. The van der Waals surface area contributed by atoms with Gasteiger partial charge in [0.25, 0.3) is 0 Å². The first-order valence-corrected chi connectivity index (χ1v) is 8.14. The zero-order chi connectivity index (χ0) is 12.6. The van der Waals surface area contributed by atoms with Crippen LogP contribution in [-0.2, 0) is 0 Å². The van der Waals surface area contributed by atoms with E-state index in [4.69, 9.17) is 5.73 Å². The van der Waals surface area contributed by atoms with Crippen LogP contribution in [0.3, 0.4) is 0 Å². The van der Waals surface area contributed by atoms with Gasteiger partial charge in [0.05, 0.1) is 0 Å². The maximum atomic E-state index is 6.19. The Morgan fingerprint density at radius 3 is 2.53 bits per heavy atom. The van der Waals surface area contributed by atoms with Gasteiger partial charge < -0.3 is 5.73 Å². The molecule has 0 aromatic heterocycles. The van der Waals surface area contributed by atoms with Crippen molar-refractivity contribution in [2.24, 2.45) is 17.6 Å². The third-order valence-electron chi connectivity index (χ3n) is 5.18. The molecule has 0 aromatic rings. The molecule has 3 heteroatoms. The predicted molar refractivity (Wildman–Crippen MR) is 77.4 cm³/mol. The van der Waals surface area contributed by atoms with Crippen molar-refractivity contribution in [3.63, 3.8) is 0 Å². The molecule has 2 nitrogen and oxygen atoms in total. The lowest BCUT2D eigenvalue weighted by molar-refractivity contribution is -0.0136. The maximum Gasteiger partial charge on any atom is 0.0458 e. The van der Waals surface area contributed by atoms with Gasteiger partial charge >= 0.3 is 0 Å². The molecule has 100 valence electrons. The molecule has 5 atom stereocenters.